The summed E-state index contributed by atoms with van der Waals surface area (Å²) in [7, 11) is 0. The van der Waals surface area contributed by atoms with Crippen LogP contribution in [0.25, 0.3) is 0 Å². The van der Waals surface area contributed by atoms with E-state index in [-0.39, 0.29) is 17.2 Å². The summed E-state index contributed by atoms with van der Waals surface area (Å²) >= 11 is 0. The number of ether oxygens (including phenoxy) is 2. The van der Waals surface area contributed by atoms with E-state index in [1.54, 1.807) is 20.8 Å². The van der Waals surface area contributed by atoms with Crippen molar-refractivity contribution in [1.29, 1.82) is 0 Å². The largest absolute Gasteiger partial charge is 0.444 e. The second kappa shape index (κ2) is 6.60. The van der Waals surface area contributed by atoms with Crippen LogP contribution >= 0.6 is 0 Å². The lowest BCUT2D eigenvalue weighted by atomic mass is 9.90. The van der Waals surface area contributed by atoms with Gasteiger partial charge >= 0.3 is 6.09 Å². The van der Waals surface area contributed by atoms with E-state index in [1.807, 2.05) is 0 Å². The highest BCUT2D eigenvalue weighted by Crippen LogP contribution is 2.32. The summed E-state index contributed by atoms with van der Waals surface area (Å²) in [4.78, 5) is 11.6. The molecule has 1 fully saturated rings. The summed E-state index contributed by atoms with van der Waals surface area (Å²) in [6.07, 6.45) is 0.435. The Hall–Kier alpha value is -1.69. The number of nitrogens with one attached hydrogen (secondary N) is 1. The minimum atomic E-state index is -0.745. The lowest BCUT2D eigenvalue weighted by Gasteiger charge is -2.24. The van der Waals surface area contributed by atoms with Crippen molar-refractivity contribution < 1.29 is 23.0 Å². The van der Waals surface area contributed by atoms with E-state index >= 15 is 0 Å². The van der Waals surface area contributed by atoms with Crippen LogP contribution in [-0.2, 0) is 9.47 Å². The monoisotopic (exact) mass is 313 g/mol. The van der Waals surface area contributed by atoms with Gasteiger partial charge < -0.3 is 9.47 Å². The van der Waals surface area contributed by atoms with Crippen molar-refractivity contribution in [3.8, 4) is 0 Å². The lowest BCUT2D eigenvalue weighted by molar-refractivity contribution is 0.0636. The number of benzene rings is 1. The summed E-state index contributed by atoms with van der Waals surface area (Å²) in [6.45, 7) is 6.13. The average Bonchev–Trinajstić information content (AvgIpc) is 2.36. The molecule has 1 aliphatic heterocycles. The van der Waals surface area contributed by atoms with Crippen molar-refractivity contribution in [2.45, 2.75) is 45.1 Å². The second-order valence-corrected chi connectivity index (χ2v) is 6.37. The predicted octanol–water partition coefficient (Wildman–Crippen LogP) is 4.21. The van der Waals surface area contributed by atoms with Crippen LogP contribution in [0, 0.1) is 11.6 Å². The van der Waals surface area contributed by atoms with Crippen molar-refractivity contribution in [3.05, 3.63) is 29.3 Å². The second-order valence-electron chi connectivity index (χ2n) is 6.37. The maximum Gasteiger partial charge on any atom is 0.412 e. The van der Waals surface area contributed by atoms with Crippen molar-refractivity contribution in [1.82, 2.24) is 0 Å². The molecule has 0 aromatic heterocycles. The van der Waals surface area contributed by atoms with E-state index in [0.29, 0.717) is 26.1 Å². The van der Waals surface area contributed by atoms with Gasteiger partial charge in [0.1, 0.15) is 17.2 Å². The number of anilines is 1. The summed E-state index contributed by atoms with van der Waals surface area (Å²) in [5.74, 6) is -1.50. The fourth-order valence-electron chi connectivity index (χ4n) is 2.45. The van der Waals surface area contributed by atoms with Gasteiger partial charge in [-0.2, -0.15) is 0 Å². The van der Waals surface area contributed by atoms with Gasteiger partial charge in [0.2, 0.25) is 0 Å². The molecular formula is C16H21F2NO3. The number of halogens is 2. The van der Waals surface area contributed by atoms with E-state index in [2.05, 4.69) is 5.32 Å². The molecule has 0 unspecified atom stereocenters. The van der Waals surface area contributed by atoms with E-state index in [9.17, 15) is 13.6 Å². The molecule has 1 aliphatic rings. The van der Waals surface area contributed by atoms with Crippen LogP contribution < -0.4 is 5.32 Å². The summed E-state index contributed by atoms with van der Waals surface area (Å²) in [5.41, 5.74) is -0.568. The van der Waals surface area contributed by atoms with Gasteiger partial charge in [0.25, 0.3) is 0 Å². The van der Waals surface area contributed by atoms with E-state index < -0.39 is 23.3 Å². The van der Waals surface area contributed by atoms with Gasteiger partial charge in [-0.15, -0.1) is 0 Å². The van der Waals surface area contributed by atoms with Crippen LogP contribution in [-0.4, -0.2) is 24.9 Å². The van der Waals surface area contributed by atoms with E-state index in [4.69, 9.17) is 9.47 Å². The molecule has 1 aromatic carbocycles. The van der Waals surface area contributed by atoms with Gasteiger partial charge in [-0.05, 0) is 51.7 Å². The Morgan fingerprint density at radius 1 is 1.23 bits per heavy atom. The molecule has 0 atom stereocenters. The third kappa shape index (κ3) is 4.40. The highest BCUT2D eigenvalue weighted by molar-refractivity contribution is 5.84. The van der Waals surface area contributed by atoms with Crippen LogP contribution in [0.2, 0.25) is 0 Å². The molecule has 1 heterocycles. The van der Waals surface area contributed by atoms with Gasteiger partial charge in [0.15, 0.2) is 0 Å². The molecule has 0 aliphatic carbocycles. The summed E-state index contributed by atoms with van der Waals surface area (Å²) < 4.78 is 38.7. The molecule has 1 saturated heterocycles. The van der Waals surface area contributed by atoms with Crippen LogP contribution in [0.5, 0.6) is 0 Å². The smallest absolute Gasteiger partial charge is 0.412 e. The van der Waals surface area contributed by atoms with Gasteiger partial charge in [0.05, 0.1) is 0 Å². The topological polar surface area (TPSA) is 47.6 Å². The van der Waals surface area contributed by atoms with Gasteiger partial charge in [0, 0.05) is 24.5 Å². The number of hydrogen-bond donors (Lipinski definition) is 1. The first kappa shape index (κ1) is 16.7. The quantitative estimate of drug-likeness (QED) is 0.890. The number of carbonyl (C=O) groups is 1. The average molecular weight is 313 g/mol. The van der Waals surface area contributed by atoms with Gasteiger partial charge in [-0.3, -0.25) is 5.32 Å². The van der Waals surface area contributed by atoms with Crippen molar-refractivity contribution >= 4 is 11.8 Å². The Balaban J connectivity index is 2.14. The van der Waals surface area contributed by atoms with Crippen LogP contribution in [0.3, 0.4) is 0 Å². The Kier molecular flexibility index (Phi) is 5.01. The minimum Gasteiger partial charge on any atom is -0.444 e. The Bertz CT molecular complexity index is 526. The van der Waals surface area contributed by atoms with E-state index in [0.717, 1.165) is 12.1 Å². The molecule has 1 aromatic rings. The lowest BCUT2D eigenvalue weighted by Crippen LogP contribution is -2.27. The third-order valence-corrected chi connectivity index (χ3v) is 3.35. The van der Waals surface area contributed by atoms with Crippen LogP contribution in [0.15, 0.2) is 12.1 Å². The number of carbonyl (C=O) groups excluding carboxylic acids is 1. The van der Waals surface area contributed by atoms with Crippen molar-refractivity contribution in [3.63, 3.8) is 0 Å². The zero-order valence-electron chi connectivity index (χ0n) is 13.0. The zero-order chi connectivity index (χ0) is 16.3. The molecule has 1 amide bonds. The SMILES string of the molecule is CC(C)(C)OC(=O)Nc1cc(F)c(C2CCOCC2)c(F)c1. The Morgan fingerprint density at radius 3 is 2.27 bits per heavy atom. The highest BCUT2D eigenvalue weighted by Gasteiger charge is 2.24. The van der Waals surface area contributed by atoms with Gasteiger partial charge in [-0.1, -0.05) is 0 Å². The first-order chi connectivity index (χ1) is 10.3. The molecule has 4 nitrogen and oxygen atoms in total. The fraction of sp³-hybridized carbons (Fsp3) is 0.562. The third-order valence-electron chi connectivity index (χ3n) is 3.35. The first-order valence-corrected chi connectivity index (χ1v) is 7.33. The fourth-order valence-corrected chi connectivity index (χ4v) is 2.45. The zero-order valence-corrected chi connectivity index (χ0v) is 13.0. The van der Waals surface area contributed by atoms with E-state index in [1.165, 1.54) is 0 Å². The minimum absolute atomic E-state index is 0.0417. The molecule has 6 heteroatoms. The maximum absolute atomic E-state index is 14.2. The Morgan fingerprint density at radius 2 is 1.77 bits per heavy atom. The van der Waals surface area contributed by atoms with Crippen LogP contribution in [0.4, 0.5) is 19.3 Å². The van der Waals surface area contributed by atoms with Crippen molar-refractivity contribution in [2.24, 2.45) is 0 Å². The molecule has 0 spiro atoms. The molecule has 2 rings (SSSR count). The highest BCUT2D eigenvalue weighted by atomic mass is 19.1. The maximum atomic E-state index is 14.2. The summed E-state index contributed by atoms with van der Waals surface area (Å²) in [6, 6.07) is 2.25. The standard InChI is InChI=1S/C16H21F2NO3/c1-16(2,3)22-15(20)19-11-8-12(17)14(13(18)9-11)10-4-6-21-7-5-10/h8-10H,4-7H2,1-3H3,(H,19,20). The van der Waals surface area contributed by atoms with Crippen molar-refractivity contribution in [2.75, 3.05) is 18.5 Å². The molecule has 0 saturated carbocycles. The molecular weight excluding hydrogens is 292 g/mol. The number of amides is 1. The molecule has 22 heavy (non-hydrogen) atoms. The number of rotatable bonds is 2. The normalized spacial score (nSPS) is 16.4. The van der Waals surface area contributed by atoms with Crippen LogP contribution in [0.1, 0.15) is 45.1 Å². The molecule has 1 N–H and O–H groups in total. The van der Waals surface area contributed by atoms with Gasteiger partial charge in [-0.25, -0.2) is 13.6 Å². The summed E-state index contributed by atoms with van der Waals surface area (Å²) in [5, 5.41) is 2.34. The molecule has 0 bridgehead atoms. The Labute approximate surface area is 128 Å². The molecule has 122 valence electrons. The number of hydrogen-bond acceptors (Lipinski definition) is 3. The molecule has 0 radical (unpaired) electrons. The predicted molar refractivity (Wildman–Crippen MR) is 79.0 cm³/mol. The first-order valence-electron chi connectivity index (χ1n) is 7.33.